The summed E-state index contributed by atoms with van der Waals surface area (Å²) in [6.45, 7) is 1.74. The van der Waals surface area contributed by atoms with Crippen LogP contribution in [0, 0.1) is 12.7 Å². The number of nitrogens with zero attached hydrogens (tertiary/aromatic N) is 2. The van der Waals surface area contributed by atoms with E-state index in [0.717, 1.165) is 25.7 Å². The molecule has 1 saturated carbocycles. The van der Waals surface area contributed by atoms with Gasteiger partial charge >= 0.3 is 0 Å². The normalized spacial score (nSPS) is 20.0. The van der Waals surface area contributed by atoms with Crippen molar-refractivity contribution in [1.82, 2.24) is 15.1 Å². The van der Waals surface area contributed by atoms with Crippen molar-refractivity contribution in [3.05, 3.63) is 41.5 Å². The molecule has 1 aromatic carbocycles. The molecule has 0 atom stereocenters. The fourth-order valence-corrected chi connectivity index (χ4v) is 3.04. The molecular formula is C17H22ClFN4O2. The molecule has 0 saturated heterocycles. The van der Waals surface area contributed by atoms with Crippen LogP contribution in [0.3, 0.4) is 0 Å². The number of rotatable bonds is 3. The summed E-state index contributed by atoms with van der Waals surface area (Å²) >= 11 is 0. The van der Waals surface area contributed by atoms with Gasteiger partial charge in [-0.3, -0.25) is 4.79 Å². The summed E-state index contributed by atoms with van der Waals surface area (Å²) in [5.41, 5.74) is 7.09. The average Bonchev–Trinajstić information content (AvgIpc) is 2.91. The topological polar surface area (TPSA) is 93.2 Å². The number of hydrogen-bond donors (Lipinski definition) is 3. The van der Waals surface area contributed by atoms with E-state index >= 15 is 0 Å². The van der Waals surface area contributed by atoms with E-state index in [4.69, 9.17) is 5.73 Å². The maximum Gasteiger partial charge on any atom is 0.275 e. The van der Waals surface area contributed by atoms with Crippen molar-refractivity contribution in [2.75, 3.05) is 0 Å². The minimum absolute atomic E-state index is 0. The molecule has 4 N–H and O–H groups in total. The summed E-state index contributed by atoms with van der Waals surface area (Å²) in [7, 11) is 0. The Balaban J connectivity index is 0.00000225. The first-order valence-electron chi connectivity index (χ1n) is 8.05. The van der Waals surface area contributed by atoms with Gasteiger partial charge in [-0.05, 0) is 56.4 Å². The Labute approximate surface area is 151 Å². The molecule has 1 fully saturated rings. The van der Waals surface area contributed by atoms with E-state index in [1.165, 1.54) is 23.0 Å². The number of amides is 1. The quantitative estimate of drug-likeness (QED) is 0.775. The number of nitrogens with one attached hydrogen (secondary N) is 1. The lowest BCUT2D eigenvalue weighted by Gasteiger charge is -2.26. The second-order valence-electron chi connectivity index (χ2n) is 6.32. The highest BCUT2D eigenvalue weighted by Crippen LogP contribution is 2.22. The summed E-state index contributed by atoms with van der Waals surface area (Å²) in [4.78, 5) is 12.4. The molecule has 8 heteroatoms. The first-order chi connectivity index (χ1) is 11.4. The molecule has 6 nitrogen and oxygen atoms in total. The highest BCUT2D eigenvalue weighted by molar-refractivity contribution is 5.95. The summed E-state index contributed by atoms with van der Waals surface area (Å²) in [6, 6.07) is 4.49. The van der Waals surface area contributed by atoms with Crippen LogP contribution in [0.25, 0.3) is 5.69 Å². The van der Waals surface area contributed by atoms with Gasteiger partial charge in [-0.15, -0.1) is 12.4 Å². The molecule has 1 aliphatic carbocycles. The Hall–Kier alpha value is -2.12. The average molecular weight is 369 g/mol. The number of hydrogen-bond acceptors (Lipinski definition) is 4. The van der Waals surface area contributed by atoms with Crippen LogP contribution in [0.2, 0.25) is 0 Å². The molecule has 0 radical (unpaired) electrons. The van der Waals surface area contributed by atoms with Gasteiger partial charge in [0.1, 0.15) is 5.82 Å². The van der Waals surface area contributed by atoms with Gasteiger partial charge in [0, 0.05) is 12.1 Å². The number of nitrogens with two attached hydrogens (primary N) is 1. The highest BCUT2D eigenvalue weighted by atomic mass is 35.5. The number of benzene rings is 1. The lowest BCUT2D eigenvalue weighted by atomic mass is 9.92. The van der Waals surface area contributed by atoms with Crippen molar-refractivity contribution in [2.45, 2.75) is 44.7 Å². The van der Waals surface area contributed by atoms with E-state index in [-0.39, 0.29) is 41.8 Å². The van der Waals surface area contributed by atoms with Crippen LogP contribution in [0.15, 0.2) is 24.4 Å². The van der Waals surface area contributed by atoms with Crippen molar-refractivity contribution in [3.63, 3.8) is 0 Å². The molecule has 0 spiro atoms. The number of carbonyl (C=O) groups is 1. The number of carbonyl (C=O) groups excluding carboxylic acids is 1. The molecule has 0 bridgehead atoms. The third kappa shape index (κ3) is 4.29. The van der Waals surface area contributed by atoms with Crippen molar-refractivity contribution in [3.8, 4) is 11.4 Å². The highest BCUT2D eigenvalue weighted by Gasteiger charge is 2.24. The second-order valence-corrected chi connectivity index (χ2v) is 6.32. The minimum atomic E-state index is -0.411. The molecular weight excluding hydrogens is 347 g/mol. The Morgan fingerprint density at radius 3 is 2.68 bits per heavy atom. The zero-order valence-electron chi connectivity index (χ0n) is 13.9. The largest absolute Gasteiger partial charge is 0.504 e. The van der Waals surface area contributed by atoms with Crippen LogP contribution >= 0.6 is 12.4 Å². The van der Waals surface area contributed by atoms with E-state index < -0.39 is 5.91 Å². The molecule has 1 aromatic heterocycles. The zero-order chi connectivity index (χ0) is 17.3. The van der Waals surface area contributed by atoms with Gasteiger partial charge in [-0.1, -0.05) is 0 Å². The predicted octanol–water partition coefficient (Wildman–Crippen LogP) is 2.45. The van der Waals surface area contributed by atoms with Gasteiger partial charge in [-0.2, -0.15) is 5.10 Å². The second kappa shape index (κ2) is 7.84. The van der Waals surface area contributed by atoms with Crippen LogP contribution in [-0.4, -0.2) is 32.9 Å². The SMILES string of the molecule is Cc1cc(F)ccc1-n1cc(O)c(C(=O)NC2CCC(N)CC2)n1.Cl. The van der Waals surface area contributed by atoms with Crippen molar-refractivity contribution in [2.24, 2.45) is 5.73 Å². The number of halogens is 2. The van der Waals surface area contributed by atoms with Crippen LogP contribution in [0.4, 0.5) is 4.39 Å². The van der Waals surface area contributed by atoms with Gasteiger partial charge < -0.3 is 16.2 Å². The lowest BCUT2D eigenvalue weighted by molar-refractivity contribution is 0.0917. The standard InChI is InChI=1S/C17H21FN4O2.ClH/c1-10-8-11(18)2-7-14(10)22-9-15(23)16(21-22)17(24)20-13-5-3-12(19)4-6-13;/h2,7-9,12-13,23H,3-6,19H2,1H3,(H,20,24);1H. The van der Waals surface area contributed by atoms with E-state index in [0.29, 0.717) is 11.3 Å². The fraction of sp³-hybridized carbons (Fsp3) is 0.412. The van der Waals surface area contributed by atoms with Crippen LogP contribution in [0.5, 0.6) is 5.75 Å². The minimum Gasteiger partial charge on any atom is -0.504 e. The summed E-state index contributed by atoms with van der Waals surface area (Å²) in [5.74, 6) is -0.962. The first kappa shape index (κ1) is 19.2. The molecule has 2 aromatic rings. The first-order valence-corrected chi connectivity index (χ1v) is 8.05. The van der Waals surface area contributed by atoms with E-state index in [1.54, 1.807) is 13.0 Å². The number of aromatic hydroxyl groups is 1. The Bertz CT molecular complexity index is 757. The number of aromatic nitrogens is 2. The zero-order valence-corrected chi connectivity index (χ0v) is 14.7. The third-order valence-electron chi connectivity index (χ3n) is 4.42. The van der Waals surface area contributed by atoms with E-state index in [9.17, 15) is 14.3 Å². The molecule has 0 unspecified atom stereocenters. The third-order valence-corrected chi connectivity index (χ3v) is 4.42. The number of aryl methyl sites for hydroxylation is 1. The van der Waals surface area contributed by atoms with Gasteiger partial charge in [0.05, 0.1) is 11.9 Å². The van der Waals surface area contributed by atoms with Crippen LogP contribution in [-0.2, 0) is 0 Å². The molecule has 136 valence electrons. The van der Waals surface area contributed by atoms with E-state index in [2.05, 4.69) is 10.4 Å². The molecule has 25 heavy (non-hydrogen) atoms. The molecule has 1 amide bonds. The predicted molar refractivity (Wildman–Crippen MR) is 94.9 cm³/mol. The van der Waals surface area contributed by atoms with Gasteiger partial charge in [0.2, 0.25) is 0 Å². The molecule has 3 rings (SSSR count). The van der Waals surface area contributed by atoms with Crippen molar-refractivity contribution in [1.29, 1.82) is 0 Å². The van der Waals surface area contributed by atoms with Crippen molar-refractivity contribution >= 4 is 18.3 Å². The molecule has 1 heterocycles. The Morgan fingerprint density at radius 2 is 2.04 bits per heavy atom. The van der Waals surface area contributed by atoms with Gasteiger partial charge in [0.15, 0.2) is 11.4 Å². The smallest absolute Gasteiger partial charge is 0.275 e. The summed E-state index contributed by atoms with van der Waals surface area (Å²) < 4.78 is 14.6. The van der Waals surface area contributed by atoms with Crippen LogP contribution in [0.1, 0.15) is 41.7 Å². The maximum absolute atomic E-state index is 13.2. The fourth-order valence-electron chi connectivity index (χ4n) is 3.04. The summed E-state index contributed by atoms with van der Waals surface area (Å²) in [6.07, 6.45) is 4.75. The Morgan fingerprint density at radius 1 is 1.36 bits per heavy atom. The maximum atomic E-state index is 13.2. The monoisotopic (exact) mass is 368 g/mol. The molecule has 1 aliphatic rings. The van der Waals surface area contributed by atoms with Crippen molar-refractivity contribution < 1.29 is 14.3 Å². The molecule has 0 aliphatic heterocycles. The van der Waals surface area contributed by atoms with Crippen LogP contribution < -0.4 is 11.1 Å². The summed E-state index contributed by atoms with van der Waals surface area (Å²) in [5, 5.41) is 17.1. The van der Waals surface area contributed by atoms with Gasteiger partial charge in [-0.25, -0.2) is 9.07 Å². The lowest BCUT2D eigenvalue weighted by Crippen LogP contribution is -2.40. The van der Waals surface area contributed by atoms with Gasteiger partial charge in [0.25, 0.3) is 5.91 Å². The Kier molecular flexibility index (Phi) is 6.02. The van der Waals surface area contributed by atoms with E-state index in [1.807, 2.05) is 0 Å².